The van der Waals surface area contributed by atoms with Crippen LogP contribution in [-0.2, 0) is 4.74 Å². The number of aryl methyl sites for hydroxylation is 2. The fourth-order valence-corrected chi connectivity index (χ4v) is 5.26. The highest BCUT2D eigenvalue weighted by Crippen LogP contribution is 2.38. The Morgan fingerprint density at radius 2 is 1.81 bits per heavy atom. The van der Waals surface area contributed by atoms with Crippen molar-refractivity contribution in [3.05, 3.63) is 41.0 Å². The molecule has 4 heterocycles. The van der Waals surface area contributed by atoms with E-state index in [4.69, 9.17) is 19.7 Å². The third-order valence-corrected chi connectivity index (χ3v) is 7.35. The summed E-state index contributed by atoms with van der Waals surface area (Å²) in [6.45, 7) is 7.85. The molecule has 0 N–H and O–H groups in total. The van der Waals surface area contributed by atoms with Crippen molar-refractivity contribution in [2.24, 2.45) is 0 Å². The van der Waals surface area contributed by atoms with Crippen LogP contribution in [0.4, 0.5) is 5.95 Å². The third-order valence-electron chi connectivity index (χ3n) is 7.35. The SMILES string of the molecule is Cc1cc2c(C3CCCC3)nc(N3C[C@@H](C)O[C@@H](c4cnn(C5CC5)c4)C3)nc2nc1C. The van der Waals surface area contributed by atoms with Crippen molar-refractivity contribution in [1.82, 2.24) is 24.7 Å². The van der Waals surface area contributed by atoms with Gasteiger partial charge in [-0.3, -0.25) is 4.68 Å². The summed E-state index contributed by atoms with van der Waals surface area (Å²) in [4.78, 5) is 17.3. The molecule has 3 aromatic heterocycles. The molecule has 168 valence electrons. The van der Waals surface area contributed by atoms with E-state index in [1.165, 1.54) is 49.8 Å². The maximum absolute atomic E-state index is 6.32. The second-order valence-electron chi connectivity index (χ2n) is 9.98. The molecule has 7 heteroatoms. The first kappa shape index (κ1) is 20.1. The van der Waals surface area contributed by atoms with Gasteiger partial charge in [-0.2, -0.15) is 10.1 Å². The molecule has 3 aliphatic rings. The van der Waals surface area contributed by atoms with Gasteiger partial charge in [-0.1, -0.05) is 12.8 Å². The first-order chi connectivity index (χ1) is 15.5. The third kappa shape index (κ3) is 3.66. The zero-order valence-electron chi connectivity index (χ0n) is 19.3. The lowest BCUT2D eigenvalue weighted by molar-refractivity contribution is -0.0179. The Bertz CT molecular complexity index is 1150. The van der Waals surface area contributed by atoms with Crippen molar-refractivity contribution in [3.8, 4) is 0 Å². The Hall–Kier alpha value is -2.54. The molecule has 1 aliphatic heterocycles. The first-order valence-electron chi connectivity index (χ1n) is 12.2. The van der Waals surface area contributed by atoms with Gasteiger partial charge in [0.05, 0.1) is 30.6 Å². The largest absolute Gasteiger partial charge is 0.367 e. The summed E-state index contributed by atoms with van der Waals surface area (Å²) in [5.41, 5.74) is 5.42. The predicted molar refractivity (Wildman–Crippen MR) is 124 cm³/mol. The molecule has 0 aromatic carbocycles. The molecule has 32 heavy (non-hydrogen) atoms. The first-order valence-corrected chi connectivity index (χ1v) is 12.2. The van der Waals surface area contributed by atoms with Gasteiger partial charge in [-0.05, 0) is 58.1 Å². The van der Waals surface area contributed by atoms with Crippen molar-refractivity contribution in [2.75, 3.05) is 18.0 Å². The maximum atomic E-state index is 6.32. The van der Waals surface area contributed by atoms with Crippen LogP contribution in [0.15, 0.2) is 18.5 Å². The summed E-state index contributed by atoms with van der Waals surface area (Å²) in [6.07, 6.45) is 11.7. The average molecular weight is 433 g/mol. The highest BCUT2D eigenvalue weighted by atomic mass is 16.5. The van der Waals surface area contributed by atoms with Gasteiger partial charge >= 0.3 is 0 Å². The Morgan fingerprint density at radius 1 is 1.00 bits per heavy atom. The Kier molecular flexibility index (Phi) is 4.90. The number of morpholine rings is 1. The summed E-state index contributed by atoms with van der Waals surface area (Å²) >= 11 is 0. The molecule has 2 atom stereocenters. The number of pyridine rings is 1. The Labute approximate surface area is 189 Å². The molecular weight excluding hydrogens is 400 g/mol. The van der Waals surface area contributed by atoms with Crippen LogP contribution in [0.25, 0.3) is 11.0 Å². The molecule has 1 saturated heterocycles. The number of hydrogen-bond donors (Lipinski definition) is 0. The molecular formula is C25H32N6O. The summed E-state index contributed by atoms with van der Waals surface area (Å²) < 4.78 is 8.42. The fourth-order valence-electron chi connectivity index (χ4n) is 5.26. The van der Waals surface area contributed by atoms with Gasteiger partial charge in [-0.25, -0.2) is 9.97 Å². The van der Waals surface area contributed by atoms with Crippen molar-refractivity contribution in [2.45, 2.75) is 83.5 Å². The van der Waals surface area contributed by atoms with E-state index in [1.807, 2.05) is 6.20 Å². The minimum absolute atomic E-state index is 0.0202. The number of nitrogens with zero attached hydrogens (tertiary/aromatic N) is 6. The topological polar surface area (TPSA) is 69.0 Å². The quantitative estimate of drug-likeness (QED) is 0.590. The summed E-state index contributed by atoms with van der Waals surface area (Å²) in [5.74, 6) is 1.30. The highest BCUT2D eigenvalue weighted by Gasteiger charge is 2.32. The predicted octanol–water partition coefficient (Wildman–Crippen LogP) is 4.80. The smallest absolute Gasteiger partial charge is 0.227 e. The molecule has 7 nitrogen and oxygen atoms in total. The molecule has 2 aliphatic carbocycles. The van der Waals surface area contributed by atoms with Crippen molar-refractivity contribution < 1.29 is 4.74 Å². The van der Waals surface area contributed by atoms with Crippen LogP contribution in [-0.4, -0.2) is 43.9 Å². The van der Waals surface area contributed by atoms with Crippen LogP contribution >= 0.6 is 0 Å². The molecule has 0 amide bonds. The van der Waals surface area contributed by atoms with Crippen LogP contribution in [0.5, 0.6) is 0 Å². The Morgan fingerprint density at radius 3 is 2.59 bits per heavy atom. The van der Waals surface area contributed by atoms with E-state index in [1.54, 1.807) is 0 Å². The number of ether oxygens (including phenoxy) is 1. The molecule has 6 rings (SSSR count). The summed E-state index contributed by atoms with van der Waals surface area (Å²) in [6, 6.07) is 2.82. The normalized spacial score (nSPS) is 24.5. The van der Waals surface area contributed by atoms with Gasteiger partial charge in [0, 0.05) is 35.3 Å². The van der Waals surface area contributed by atoms with Gasteiger partial charge in [0.1, 0.15) is 6.10 Å². The van der Waals surface area contributed by atoms with Gasteiger partial charge in [0.25, 0.3) is 0 Å². The zero-order valence-corrected chi connectivity index (χ0v) is 19.3. The standard InChI is InChI=1S/C25H32N6O/c1-15-10-21-23(18-6-4-5-7-18)28-25(29-24(21)27-17(15)3)30-12-16(2)32-22(14-30)19-11-26-31(13-19)20-8-9-20/h10-11,13,16,18,20,22H,4-9,12,14H2,1-3H3/t16-,22-/m1/s1. The highest BCUT2D eigenvalue weighted by molar-refractivity contribution is 5.80. The van der Waals surface area contributed by atoms with Gasteiger partial charge in [0.15, 0.2) is 5.65 Å². The molecule has 3 aromatic rings. The van der Waals surface area contributed by atoms with Crippen LogP contribution in [0, 0.1) is 13.8 Å². The summed E-state index contributed by atoms with van der Waals surface area (Å²) in [7, 11) is 0. The van der Waals surface area contributed by atoms with E-state index in [2.05, 4.69) is 47.7 Å². The lowest BCUT2D eigenvalue weighted by Crippen LogP contribution is -2.43. The minimum atomic E-state index is -0.0202. The van der Waals surface area contributed by atoms with E-state index < -0.39 is 0 Å². The van der Waals surface area contributed by atoms with Crippen LogP contribution in [0.1, 0.15) is 86.0 Å². The zero-order chi connectivity index (χ0) is 21.8. The van der Waals surface area contributed by atoms with E-state index in [9.17, 15) is 0 Å². The minimum Gasteiger partial charge on any atom is -0.367 e. The van der Waals surface area contributed by atoms with Crippen molar-refractivity contribution >= 4 is 17.0 Å². The molecule has 0 bridgehead atoms. The number of aromatic nitrogens is 5. The Balaban J connectivity index is 1.37. The van der Waals surface area contributed by atoms with E-state index in [0.29, 0.717) is 12.0 Å². The molecule has 0 unspecified atom stereocenters. The van der Waals surface area contributed by atoms with Crippen LogP contribution in [0.2, 0.25) is 0 Å². The van der Waals surface area contributed by atoms with Crippen LogP contribution in [0.3, 0.4) is 0 Å². The van der Waals surface area contributed by atoms with Gasteiger partial charge in [-0.15, -0.1) is 0 Å². The van der Waals surface area contributed by atoms with Gasteiger partial charge in [0.2, 0.25) is 5.95 Å². The molecule has 0 spiro atoms. The maximum Gasteiger partial charge on any atom is 0.227 e. The monoisotopic (exact) mass is 432 g/mol. The molecule has 2 saturated carbocycles. The van der Waals surface area contributed by atoms with Crippen molar-refractivity contribution in [1.29, 1.82) is 0 Å². The number of rotatable bonds is 4. The second-order valence-corrected chi connectivity index (χ2v) is 9.98. The average Bonchev–Trinajstić information content (AvgIpc) is 3.27. The molecule has 3 fully saturated rings. The number of hydrogen-bond acceptors (Lipinski definition) is 6. The lowest BCUT2D eigenvalue weighted by Gasteiger charge is -2.36. The number of anilines is 1. The van der Waals surface area contributed by atoms with E-state index in [-0.39, 0.29) is 12.2 Å². The fraction of sp³-hybridized carbons (Fsp3) is 0.600. The van der Waals surface area contributed by atoms with Crippen LogP contribution < -0.4 is 4.90 Å². The van der Waals surface area contributed by atoms with Gasteiger partial charge < -0.3 is 9.64 Å². The number of fused-ring (bicyclic) bond motifs is 1. The van der Waals surface area contributed by atoms with E-state index >= 15 is 0 Å². The van der Waals surface area contributed by atoms with Crippen molar-refractivity contribution in [3.63, 3.8) is 0 Å². The summed E-state index contributed by atoms with van der Waals surface area (Å²) in [5, 5.41) is 5.71. The lowest BCUT2D eigenvalue weighted by atomic mass is 9.99. The molecule has 0 radical (unpaired) electrons. The van der Waals surface area contributed by atoms with E-state index in [0.717, 1.165) is 41.3 Å². The second kappa shape index (κ2) is 7.80.